The minimum absolute atomic E-state index is 0.0696. The standard InChI is InChI=1S/C23H25N5O3S/c1-5-16-6-8-17(9-7-16)25-19(30)12-32-23-26-22(31)21(27-28-23)18-11-13(2)10-14(3)20(18)24-15(4)29/h6-11H,5,12H2,1-4H3,(H,24,29)(H,25,30)(H,26,28,31). The number of aromatic nitrogens is 3. The van der Waals surface area contributed by atoms with Crippen LogP contribution in [-0.4, -0.2) is 32.7 Å². The van der Waals surface area contributed by atoms with Crippen molar-refractivity contribution in [2.75, 3.05) is 16.4 Å². The lowest BCUT2D eigenvalue weighted by Crippen LogP contribution is -2.18. The van der Waals surface area contributed by atoms with Crippen LogP contribution in [0.5, 0.6) is 0 Å². The molecule has 32 heavy (non-hydrogen) atoms. The summed E-state index contributed by atoms with van der Waals surface area (Å²) in [5, 5.41) is 14.0. The predicted molar refractivity (Wildman–Crippen MR) is 127 cm³/mol. The Balaban J connectivity index is 1.74. The molecule has 3 aromatic rings. The Bertz CT molecular complexity index is 1210. The molecule has 0 aliphatic rings. The summed E-state index contributed by atoms with van der Waals surface area (Å²) in [4.78, 5) is 39.2. The van der Waals surface area contributed by atoms with Crippen LogP contribution in [0.3, 0.4) is 0 Å². The van der Waals surface area contributed by atoms with E-state index in [1.807, 2.05) is 44.2 Å². The highest BCUT2D eigenvalue weighted by Gasteiger charge is 2.16. The number of rotatable bonds is 7. The highest BCUT2D eigenvalue weighted by atomic mass is 32.2. The molecule has 1 heterocycles. The molecule has 8 nitrogen and oxygen atoms in total. The number of benzene rings is 2. The summed E-state index contributed by atoms with van der Waals surface area (Å²) in [6, 6.07) is 11.3. The maximum absolute atomic E-state index is 12.7. The van der Waals surface area contributed by atoms with Gasteiger partial charge in [0.05, 0.1) is 11.4 Å². The van der Waals surface area contributed by atoms with Gasteiger partial charge in [-0.1, -0.05) is 42.4 Å². The fourth-order valence-corrected chi connectivity index (χ4v) is 3.82. The molecule has 3 N–H and O–H groups in total. The molecule has 0 radical (unpaired) electrons. The van der Waals surface area contributed by atoms with Gasteiger partial charge in [-0.05, 0) is 49.6 Å². The first-order valence-electron chi connectivity index (χ1n) is 10.1. The Labute approximate surface area is 190 Å². The fraction of sp³-hybridized carbons (Fsp3) is 0.261. The molecule has 166 valence electrons. The van der Waals surface area contributed by atoms with Gasteiger partial charge in [0.1, 0.15) is 0 Å². The van der Waals surface area contributed by atoms with E-state index < -0.39 is 5.56 Å². The lowest BCUT2D eigenvalue weighted by molar-refractivity contribution is -0.114. The maximum atomic E-state index is 12.7. The summed E-state index contributed by atoms with van der Waals surface area (Å²) in [5.74, 6) is -0.390. The van der Waals surface area contributed by atoms with Gasteiger partial charge >= 0.3 is 0 Å². The van der Waals surface area contributed by atoms with E-state index in [2.05, 4.69) is 32.7 Å². The highest BCUT2D eigenvalue weighted by Crippen LogP contribution is 2.29. The molecular formula is C23H25N5O3S. The van der Waals surface area contributed by atoms with Gasteiger partial charge in [-0.15, -0.1) is 10.2 Å². The number of carbonyl (C=O) groups is 2. The van der Waals surface area contributed by atoms with Gasteiger partial charge in [0.25, 0.3) is 5.56 Å². The number of aryl methyl sites for hydroxylation is 3. The van der Waals surface area contributed by atoms with E-state index in [0.717, 1.165) is 29.3 Å². The van der Waals surface area contributed by atoms with E-state index >= 15 is 0 Å². The van der Waals surface area contributed by atoms with Crippen LogP contribution in [-0.2, 0) is 16.0 Å². The molecule has 0 bridgehead atoms. The number of H-pyrrole nitrogens is 1. The lowest BCUT2D eigenvalue weighted by atomic mass is 10.0. The van der Waals surface area contributed by atoms with Crippen molar-refractivity contribution in [2.24, 2.45) is 0 Å². The van der Waals surface area contributed by atoms with Gasteiger partial charge < -0.3 is 10.6 Å². The molecule has 0 aliphatic carbocycles. The van der Waals surface area contributed by atoms with Crippen molar-refractivity contribution in [2.45, 2.75) is 39.3 Å². The number of hydrogen-bond donors (Lipinski definition) is 3. The van der Waals surface area contributed by atoms with Gasteiger partial charge in [-0.3, -0.25) is 19.4 Å². The molecule has 0 saturated heterocycles. The molecule has 0 aliphatic heterocycles. The summed E-state index contributed by atoms with van der Waals surface area (Å²) in [6.45, 7) is 7.22. The van der Waals surface area contributed by atoms with Crippen molar-refractivity contribution in [3.63, 3.8) is 0 Å². The van der Waals surface area contributed by atoms with E-state index in [4.69, 9.17) is 0 Å². The Morgan fingerprint density at radius 2 is 1.78 bits per heavy atom. The first-order valence-corrected chi connectivity index (χ1v) is 11.1. The molecule has 2 amide bonds. The van der Waals surface area contributed by atoms with Crippen LogP contribution in [0.25, 0.3) is 11.3 Å². The largest absolute Gasteiger partial charge is 0.325 e. The van der Waals surface area contributed by atoms with E-state index in [9.17, 15) is 14.4 Å². The van der Waals surface area contributed by atoms with E-state index in [1.165, 1.54) is 12.5 Å². The number of hydrogen-bond acceptors (Lipinski definition) is 6. The third-order valence-corrected chi connectivity index (χ3v) is 5.56. The average Bonchev–Trinajstić information content (AvgIpc) is 2.74. The SMILES string of the molecule is CCc1ccc(NC(=O)CSc2nnc(-c3cc(C)cc(C)c3NC(C)=O)c(=O)[nH]2)cc1. The maximum Gasteiger partial charge on any atom is 0.278 e. The topological polar surface area (TPSA) is 117 Å². The number of aromatic amines is 1. The van der Waals surface area contributed by atoms with Gasteiger partial charge in [0.15, 0.2) is 10.9 Å². The second-order valence-electron chi connectivity index (χ2n) is 7.38. The van der Waals surface area contributed by atoms with Crippen LogP contribution in [0.2, 0.25) is 0 Å². The van der Waals surface area contributed by atoms with E-state index in [0.29, 0.717) is 16.9 Å². The van der Waals surface area contributed by atoms with Gasteiger partial charge in [-0.25, -0.2) is 0 Å². The van der Waals surface area contributed by atoms with Crippen LogP contribution in [0.4, 0.5) is 11.4 Å². The molecule has 0 saturated carbocycles. The third-order valence-electron chi connectivity index (χ3n) is 4.70. The molecule has 0 atom stereocenters. The number of anilines is 2. The first kappa shape index (κ1) is 23.2. The first-order chi connectivity index (χ1) is 15.3. The van der Waals surface area contributed by atoms with Crippen LogP contribution < -0.4 is 16.2 Å². The van der Waals surface area contributed by atoms with Crippen molar-refractivity contribution in [3.05, 3.63) is 63.4 Å². The van der Waals surface area contributed by atoms with Crippen LogP contribution in [0.15, 0.2) is 46.3 Å². The summed E-state index contributed by atoms with van der Waals surface area (Å²) >= 11 is 1.08. The van der Waals surface area contributed by atoms with Crippen LogP contribution in [0.1, 0.15) is 30.5 Å². The van der Waals surface area contributed by atoms with E-state index in [1.54, 1.807) is 6.07 Å². The van der Waals surface area contributed by atoms with Gasteiger partial charge in [0.2, 0.25) is 11.8 Å². The molecule has 0 spiro atoms. The van der Waals surface area contributed by atoms with Crippen molar-refractivity contribution in [1.82, 2.24) is 15.2 Å². The Morgan fingerprint density at radius 1 is 1.06 bits per heavy atom. The number of amides is 2. The Hall–Kier alpha value is -3.46. The lowest BCUT2D eigenvalue weighted by Gasteiger charge is -2.13. The zero-order chi connectivity index (χ0) is 23.3. The second-order valence-corrected chi connectivity index (χ2v) is 8.34. The molecule has 3 rings (SSSR count). The second kappa shape index (κ2) is 10.2. The average molecular weight is 452 g/mol. The molecule has 0 unspecified atom stereocenters. The molecular weight excluding hydrogens is 426 g/mol. The molecule has 1 aromatic heterocycles. The van der Waals surface area contributed by atoms with Crippen molar-refractivity contribution < 1.29 is 9.59 Å². The monoisotopic (exact) mass is 451 g/mol. The van der Waals surface area contributed by atoms with Gasteiger partial charge in [0, 0.05) is 18.2 Å². The Morgan fingerprint density at radius 3 is 2.41 bits per heavy atom. The quantitative estimate of drug-likeness (QED) is 0.472. The number of carbonyl (C=O) groups excluding carboxylic acids is 2. The smallest absolute Gasteiger partial charge is 0.278 e. The highest BCUT2D eigenvalue weighted by molar-refractivity contribution is 7.99. The number of nitrogens with one attached hydrogen (secondary N) is 3. The zero-order valence-electron chi connectivity index (χ0n) is 18.4. The van der Waals surface area contributed by atoms with Crippen LogP contribution in [0, 0.1) is 13.8 Å². The summed E-state index contributed by atoms with van der Waals surface area (Å²) in [7, 11) is 0. The van der Waals surface area contributed by atoms with Crippen molar-refractivity contribution in [1.29, 1.82) is 0 Å². The summed E-state index contributed by atoms with van der Waals surface area (Å²) in [5.41, 5.74) is 4.32. The minimum atomic E-state index is -0.449. The predicted octanol–water partition coefficient (Wildman–Crippen LogP) is 3.70. The normalized spacial score (nSPS) is 10.6. The minimum Gasteiger partial charge on any atom is -0.325 e. The van der Waals surface area contributed by atoms with E-state index in [-0.39, 0.29) is 28.4 Å². The number of thioether (sulfide) groups is 1. The molecule has 2 aromatic carbocycles. The number of nitrogens with zero attached hydrogens (tertiary/aromatic N) is 2. The van der Waals surface area contributed by atoms with Crippen LogP contribution >= 0.6 is 11.8 Å². The molecule has 0 fully saturated rings. The Kier molecular flexibility index (Phi) is 7.42. The summed E-state index contributed by atoms with van der Waals surface area (Å²) < 4.78 is 0. The molecule has 9 heteroatoms. The third kappa shape index (κ3) is 5.82. The zero-order valence-corrected chi connectivity index (χ0v) is 19.2. The van der Waals surface area contributed by atoms with Gasteiger partial charge in [-0.2, -0.15) is 0 Å². The van der Waals surface area contributed by atoms with Crippen molar-refractivity contribution >= 4 is 35.0 Å². The fourth-order valence-electron chi connectivity index (χ4n) is 3.21. The van der Waals surface area contributed by atoms with Crippen molar-refractivity contribution in [3.8, 4) is 11.3 Å². The summed E-state index contributed by atoms with van der Waals surface area (Å²) in [6.07, 6.45) is 0.931.